The van der Waals surface area contributed by atoms with E-state index in [9.17, 15) is 4.79 Å². The number of hydrogen-bond donors (Lipinski definition) is 1. The van der Waals surface area contributed by atoms with Gasteiger partial charge >= 0.3 is 5.97 Å². The molecule has 0 aliphatic carbocycles. The molecule has 1 aromatic carbocycles. The molecule has 2 rings (SSSR count). The Labute approximate surface area is 89.3 Å². The molecular weight excluding hydrogens is 190 g/mol. The minimum absolute atomic E-state index is 0.220. The molecule has 15 heavy (non-hydrogen) atoms. The maximum Gasteiger partial charge on any atom is 0.308 e. The van der Waals surface area contributed by atoms with Crippen LogP contribution in [-0.4, -0.2) is 24.2 Å². The van der Waals surface area contributed by atoms with Crippen LogP contribution in [-0.2, 0) is 4.79 Å². The molecule has 0 saturated carbocycles. The van der Waals surface area contributed by atoms with Crippen molar-refractivity contribution in [3.63, 3.8) is 0 Å². The zero-order valence-electron chi connectivity index (χ0n) is 8.52. The molecule has 1 unspecified atom stereocenters. The first-order valence-corrected chi connectivity index (χ1v) is 5.21. The molecule has 0 bridgehead atoms. The summed E-state index contributed by atoms with van der Waals surface area (Å²) in [5.74, 6) is -0.898. The molecule has 0 aromatic heterocycles. The third kappa shape index (κ3) is 2.29. The molecular formula is C12H14NO2. The van der Waals surface area contributed by atoms with Gasteiger partial charge in [-0.1, -0.05) is 12.1 Å². The van der Waals surface area contributed by atoms with E-state index < -0.39 is 5.97 Å². The number of anilines is 1. The lowest BCUT2D eigenvalue weighted by Gasteiger charge is -2.32. The lowest BCUT2D eigenvalue weighted by molar-refractivity contribution is -0.141. The number of nitrogens with zero attached hydrogens (tertiary/aromatic N) is 1. The summed E-state index contributed by atoms with van der Waals surface area (Å²) in [5.41, 5.74) is 1.10. The van der Waals surface area contributed by atoms with Gasteiger partial charge in [0.1, 0.15) is 0 Å². The largest absolute Gasteiger partial charge is 0.481 e. The number of hydrogen-bond acceptors (Lipinski definition) is 2. The fraction of sp³-hybridized carbons (Fsp3) is 0.417. The van der Waals surface area contributed by atoms with Crippen LogP contribution < -0.4 is 4.90 Å². The fourth-order valence-electron chi connectivity index (χ4n) is 2.00. The highest BCUT2D eigenvalue weighted by molar-refractivity contribution is 5.71. The molecule has 3 heteroatoms. The summed E-state index contributed by atoms with van der Waals surface area (Å²) >= 11 is 0. The maximum atomic E-state index is 10.9. The van der Waals surface area contributed by atoms with Crippen molar-refractivity contribution in [3.8, 4) is 0 Å². The first kappa shape index (κ1) is 10.0. The molecule has 0 spiro atoms. The smallest absolute Gasteiger partial charge is 0.308 e. The molecule has 1 saturated heterocycles. The Hall–Kier alpha value is -1.51. The second-order valence-corrected chi connectivity index (χ2v) is 3.88. The molecule has 1 heterocycles. The Bertz CT molecular complexity index is 337. The van der Waals surface area contributed by atoms with Gasteiger partial charge in [0.05, 0.1) is 5.92 Å². The van der Waals surface area contributed by atoms with Gasteiger partial charge < -0.3 is 10.0 Å². The molecule has 1 aromatic rings. The fourth-order valence-corrected chi connectivity index (χ4v) is 2.00. The van der Waals surface area contributed by atoms with Gasteiger partial charge in [-0.3, -0.25) is 4.79 Å². The summed E-state index contributed by atoms with van der Waals surface area (Å²) in [7, 11) is 0. The highest BCUT2D eigenvalue weighted by Gasteiger charge is 2.25. The Morgan fingerprint density at radius 3 is 2.87 bits per heavy atom. The second-order valence-electron chi connectivity index (χ2n) is 3.88. The van der Waals surface area contributed by atoms with Crippen LogP contribution in [0.5, 0.6) is 0 Å². The Morgan fingerprint density at radius 2 is 2.20 bits per heavy atom. The van der Waals surface area contributed by atoms with Gasteiger partial charge in [-0.25, -0.2) is 0 Å². The van der Waals surface area contributed by atoms with E-state index in [1.807, 2.05) is 24.3 Å². The Morgan fingerprint density at radius 1 is 1.47 bits per heavy atom. The topological polar surface area (TPSA) is 40.5 Å². The van der Waals surface area contributed by atoms with E-state index in [-0.39, 0.29) is 5.92 Å². The van der Waals surface area contributed by atoms with E-state index in [4.69, 9.17) is 5.11 Å². The summed E-state index contributed by atoms with van der Waals surface area (Å²) in [5, 5.41) is 8.97. The molecule has 1 fully saturated rings. The van der Waals surface area contributed by atoms with Gasteiger partial charge in [0, 0.05) is 18.8 Å². The number of carboxylic acid groups (broad SMARTS) is 1. The average molecular weight is 204 g/mol. The zero-order valence-corrected chi connectivity index (χ0v) is 8.52. The highest BCUT2D eigenvalue weighted by Crippen LogP contribution is 2.22. The number of carbonyl (C=O) groups is 1. The lowest BCUT2D eigenvalue weighted by atomic mass is 9.98. The van der Waals surface area contributed by atoms with Crippen LogP contribution >= 0.6 is 0 Å². The van der Waals surface area contributed by atoms with Gasteiger partial charge in [-0.05, 0) is 31.0 Å². The summed E-state index contributed by atoms with van der Waals surface area (Å²) in [6.45, 7) is 1.58. The molecule has 3 nitrogen and oxygen atoms in total. The Balaban J connectivity index is 2.08. The average Bonchev–Trinajstić information content (AvgIpc) is 2.30. The van der Waals surface area contributed by atoms with E-state index in [0.29, 0.717) is 6.54 Å². The SMILES string of the molecule is O=C(O)C1CCCN(c2cc[c]cc2)C1. The summed E-state index contributed by atoms with van der Waals surface area (Å²) in [6, 6.07) is 10.6. The third-order valence-corrected chi connectivity index (χ3v) is 2.84. The number of carboxylic acids is 1. The quantitative estimate of drug-likeness (QED) is 0.798. The first-order chi connectivity index (χ1) is 7.27. The van der Waals surface area contributed by atoms with Crippen molar-refractivity contribution in [1.29, 1.82) is 0 Å². The van der Waals surface area contributed by atoms with Crippen molar-refractivity contribution >= 4 is 11.7 Å². The molecule has 1 N–H and O–H groups in total. The number of rotatable bonds is 2. The molecule has 1 aliphatic rings. The van der Waals surface area contributed by atoms with Crippen molar-refractivity contribution in [2.45, 2.75) is 12.8 Å². The van der Waals surface area contributed by atoms with Crippen LogP contribution in [0.25, 0.3) is 0 Å². The van der Waals surface area contributed by atoms with Crippen LogP contribution in [0.1, 0.15) is 12.8 Å². The van der Waals surface area contributed by atoms with Crippen molar-refractivity contribution < 1.29 is 9.90 Å². The van der Waals surface area contributed by atoms with Crippen LogP contribution in [0.3, 0.4) is 0 Å². The third-order valence-electron chi connectivity index (χ3n) is 2.84. The number of benzene rings is 1. The van der Waals surface area contributed by atoms with E-state index in [1.165, 1.54) is 0 Å². The summed E-state index contributed by atoms with van der Waals surface area (Å²) < 4.78 is 0. The molecule has 1 atom stereocenters. The van der Waals surface area contributed by atoms with Crippen LogP contribution in [0.4, 0.5) is 5.69 Å². The summed E-state index contributed by atoms with van der Waals surface area (Å²) in [6.07, 6.45) is 1.75. The van der Waals surface area contributed by atoms with Crippen LogP contribution in [0, 0.1) is 12.0 Å². The second kappa shape index (κ2) is 4.34. The van der Waals surface area contributed by atoms with Crippen LogP contribution in [0.2, 0.25) is 0 Å². The van der Waals surface area contributed by atoms with Crippen LogP contribution in [0.15, 0.2) is 24.3 Å². The summed E-state index contributed by atoms with van der Waals surface area (Å²) in [4.78, 5) is 13.0. The predicted molar refractivity (Wildman–Crippen MR) is 57.9 cm³/mol. The molecule has 1 radical (unpaired) electrons. The Kier molecular flexibility index (Phi) is 2.90. The monoisotopic (exact) mass is 204 g/mol. The standard InChI is InChI=1S/C12H14NO2/c14-12(15)10-5-4-8-13(9-10)11-6-2-1-3-7-11/h2-3,6-7,10H,4-5,8-9H2,(H,14,15). The molecule has 79 valence electrons. The highest BCUT2D eigenvalue weighted by atomic mass is 16.4. The number of aliphatic carboxylic acids is 1. The van der Waals surface area contributed by atoms with Gasteiger partial charge in [0.25, 0.3) is 0 Å². The van der Waals surface area contributed by atoms with Gasteiger partial charge in [0.15, 0.2) is 0 Å². The van der Waals surface area contributed by atoms with Crippen molar-refractivity contribution in [2.24, 2.45) is 5.92 Å². The van der Waals surface area contributed by atoms with Gasteiger partial charge in [0.2, 0.25) is 0 Å². The minimum atomic E-state index is -0.679. The molecule has 0 amide bonds. The van der Waals surface area contributed by atoms with E-state index >= 15 is 0 Å². The predicted octanol–water partition coefficient (Wildman–Crippen LogP) is 1.79. The lowest BCUT2D eigenvalue weighted by Crippen LogP contribution is -2.38. The van der Waals surface area contributed by atoms with E-state index in [0.717, 1.165) is 25.1 Å². The zero-order chi connectivity index (χ0) is 10.7. The maximum absolute atomic E-state index is 10.9. The van der Waals surface area contributed by atoms with Crippen molar-refractivity contribution in [3.05, 3.63) is 30.3 Å². The van der Waals surface area contributed by atoms with Crippen molar-refractivity contribution in [2.75, 3.05) is 18.0 Å². The van der Waals surface area contributed by atoms with Crippen molar-refractivity contribution in [1.82, 2.24) is 0 Å². The van der Waals surface area contributed by atoms with E-state index in [2.05, 4.69) is 11.0 Å². The van der Waals surface area contributed by atoms with E-state index in [1.54, 1.807) is 0 Å². The molecule has 1 aliphatic heterocycles. The minimum Gasteiger partial charge on any atom is -0.481 e. The van der Waals surface area contributed by atoms with Gasteiger partial charge in [-0.2, -0.15) is 0 Å². The first-order valence-electron chi connectivity index (χ1n) is 5.21. The number of piperidine rings is 1. The van der Waals surface area contributed by atoms with Gasteiger partial charge in [-0.15, -0.1) is 0 Å². The normalized spacial score (nSPS) is 21.3.